The van der Waals surface area contributed by atoms with E-state index in [4.69, 9.17) is 5.11 Å². The van der Waals surface area contributed by atoms with Crippen LogP contribution in [-0.2, 0) is 11.2 Å². The Morgan fingerprint density at radius 2 is 2.33 bits per heavy atom. The Bertz CT molecular complexity index is 478. The van der Waals surface area contributed by atoms with Crippen LogP contribution in [0.15, 0.2) is 24.4 Å². The van der Waals surface area contributed by atoms with Crippen molar-refractivity contribution in [1.82, 2.24) is 4.37 Å². The van der Waals surface area contributed by atoms with Crippen molar-refractivity contribution in [2.75, 3.05) is 0 Å². The van der Waals surface area contributed by atoms with Gasteiger partial charge in [0.2, 0.25) is 0 Å². The first-order chi connectivity index (χ1) is 7.25. The average molecular weight is 221 g/mol. The molecule has 0 bridgehead atoms. The highest BCUT2D eigenvalue weighted by Crippen LogP contribution is 2.20. The summed E-state index contributed by atoms with van der Waals surface area (Å²) < 4.78 is 5.27. The molecule has 1 N–H and O–H groups in total. The molecule has 2 aromatic rings. The SMILES string of the molecule is O=C(O)CCCc1ccc2cnsc2c1. The summed E-state index contributed by atoms with van der Waals surface area (Å²) in [7, 11) is 0. The monoisotopic (exact) mass is 221 g/mol. The summed E-state index contributed by atoms with van der Waals surface area (Å²) in [5, 5.41) is 9.68. The maximum absolute atomic E-state index is 10.4. The predicted molar refractivity (Wildman–Crippen MR) is 60.2 cm³/mol. The number of nitrogens with zero attached hydrogens (tertiary/aromatic N) is 1. The molecular formula is C11H11NO2S. The summed E-state index contributed by atoms with van der Waals surface area (Å²) in [6, 6.07) is 6.17. The van der Waals surface area contributed by atoms with E-state index < -0.39 is 5.97 Å². The molecule has 0 saturated carbocycles. The second kappa shape index (κ2) is 4.40. The summed E-state index contributed by atoms with van der Waals surface area (Å²) >= 11 is 1.47. The van der Waals surface area contributed by atoms with E-state index in [1.807, 2.05) is 18.3 Å². The van der Waals surface area contributed by atoms with E-state index in [1.165, 1.54) is 21.8 Å². The number of fused-ring (bicyclic) bond motifs is 1. The minimum absolute atomic E-state index is 0.237. The fourth-order valence-electron chi connectivity index (χ4n) is 1.50. The van der Waals surface area contributed by atoms with E-state index in [1.54, 1.807) is 0 Å². The van der Waals surface area contributed by atoms with Gasteiger partial charge in [0.05, 0.1) is 4.70 Å². The van der Waals surface area contributed by atoms with E-state index >= 15 is 0 Å². The van der Waals surface area contributed by atoms with Crippen LogP contribution in [0, 0.1) is 0 Å². The first-order valence-electron chi connectivity index (χ1n) is 4.81. The fraction of sp³-hybridized carbons (Fsp3) is 0.273. The first kappa shape index (κ1) is 10.1. The number of benzene rings is 1. The molecule has 0 aliphatic heterocycles. The zero-order chi connectivity index (χ0) is 10.7. The molecule has 1 aromatic carbocycles. The number of hydrogen-bond donors (Lipinski definition) is 1. The number of aryl methyl sites for hydroxylation is 1. The second-order valence-electron chi connectivity index (χ2n) is 3.45. The Balaban J connectivity index is 2.04. The van der Waals surface area contributed by atoms with Gasteiger partial charge in [-0.05, 0) is 36.0 Å². The van der Waals surface area contributed by atoms with E-state index in [0.29, 0.717) is 6.42 Å². The van der Waals surface area contributed by atoms with Crippen molar-refractivity contribution in [2.45, 2.75) is 19.3 Å². The number of carboxylic acids is 1. The molecule has 15 heavy (non-hydrogen) atoms. The van der Waals surface area contributed by atoms with Crippen LogP contribution in [-0.4, -0.2) is 15.4 Å². The second-order valence-corrected chi connectivity index (χ2v) is 4.28. The zero-order valence-electron chi connectivity index (χ0n) is 8.14. The van der Waals surface area contributed by atoms with Crippen molar-refractivity contribution in [3.8, 4) is 0 Å². The smallest absolute Gasteiger partial charge is 0.303 e. The maximum atomic E-state index is 10.4. The molecule has 0 amide bonds. The molecule has 0 radical (unpaired) electrons. The lowest BCUT2D eigenvalue weighted by atomic mass is 10.1. The molecule has 0 spiro atoms. The van der Waals surface area contributed by atoms with Gasteiger partial charge < -0.3 is 5.11 Å². The van der Waals surface area contributed by atoms with Crippen molar-refractivity contribution < 1.29 is 9.90 Å². The molecule has 0 aliphatic rings. The normalized spacial score (nSPS) is 10.7. The highest BCUT2D eigenvalue weighted by Gasteiger charge is 2.00. The third kappa shape index (κ3) is 2.53. The van der Waals surface area contributed by atoms with Crippen LogP contribution >= 0.6 is 11.5 Å². The molecule has 4 heteroatoms. The van der Waals surface area contributed by atoms with E-state index in [9.17, 15) is 4.79 Å². The van der Waals surface area contributed by atoms with Gasteiger partial charge in [0.25, 0.3) is 0 Å². The van der Waals surface area contributed by atoms with Crippen molar-refractivity contribution >= 4 is 27.6 Å². The molecule has 0 saturated heterocycles. The molecule has 3 nitrogen and oxygen atoms in total. The first-order valence-corrected chi connectivity index (χ1v) is 5.58. The van der Waals surface area contributed by atoms with Crippen LogP contribution in [0.25, 0.3) is 10.1 Å². The van der Waals surface area contributed by atoms with Crippen molar-refractivity contribution in [2.24, 2.45) is 0 Å². The average Bonchev–Trinajstić information content (AvgIpc) is 2.64. The Kier molecular flexibility index (Phi) is 2.97. The molecule has 1 heterocycles. The van der Waals surface area contributed by atoms with Gasteiger partial charge in [-0.3, -0.25) is 4.79 Å². The van der Waals surface area contributed by atoms with Crippen LogP contribution < -0.4 is 0 Å². The molecular weight excluding hydrogens is 210 g/mol. The Morgan fingerprint density at radius 3 is 3.13 bits per heavy atom. The largest absolute Gasteiger partial charge is 0.481 e. The fourth-order valence-corrected chi connectivity index (χ4v) is 2.21. The zero-order valence-corrected chi connectivity index (χ0v) is 8.96. The quantitative estimate of drug-likeness (QED) is 0.863. The summed E-state index contributed by atoms with van der Waals surface area (Å²) in [5.74, 6) is -0.728. The summed E-state index contributed by atoms with van der Waals surface area (Å²) in [5.41, 5.74) is 1.19. The van der Waals surface area contributed by atoms with Gasteiger partial charge in [-0.15, -0.1) is 0 Å². The lowest BCUT2D eigenvalue weighted by Gasteiger charge is -1.99. The van der Waals surface area contributed by atoms with E-state index in [0.717, 1.165) is 11.8 Å². The number of aromatic nitrogens is 1. The van der Waals surface area contributed by atoms with Gasteiger partial charge in [0.1, 0.15) is 0 Å². The number of carboxylic acid groups (broad SMARTS) is 1. The van der Waals surface area contributed by atoms with Crippen LogP contribution in [0.4, 0.5) is 0 Å². The predicted octanol–water partition coefficient (Wildman–Crippen LogP) is 2.70. The van der Waals surface area contributed by atoms with Crippen LogP contribution in [0.5, 0.6) is 0 Å². The van der Waals surface area contributed by atoms with Gasteiger partial charge in [0.15, 0.2) is 0 Å². The Hall–Kier alpha value is -1.42. The number of rotatable bonds is 4. The lowest BCUT2D eigenvalue weighted by molar-refractivity contribution is -0.137. The maximum Gasteiger partial charge on any atom is 0.303 e. The molecule has 2 rings (SSSR count). The van der Waals surface area contributed by atoms with Crippen LogP contribution in [0.1, 0.15) is 18.4 Å². The number of carbonyl (C=O) groups is 1. The summed E-state index contributed by atoms with van der Waals surface area (Å²) in [4.78, 5) is 10.4. The molecule has 1 aromatic heterocycles. The topological polar surface area (TPSA) is 50.2 Å². The summed E-state index contributed by atoms with van der Waals surface area (Å²) in [6.07, 6.45) is 3.60. The van der Waals surface area contributed by atoms with Crippen molar-refractivity contribution in [3.63, 3.8) is 0 Å². The van der Waals surface area contributed by atoms with Crippen molar-refractivity contribution in [1.29, 1.82) is 0 Å². The molecule has 0 atom stereocenters. The minimum atomic E-state index is -0.728. The molecule has 0 aliphatic carbocycles. The highest BCUT2D eigenvalue weighted by atomic mass is 32.1. The minimum Gasteiger partial charge on any atom is -0.481 e. The van der Waals surface area contributed by atoms with Gasteiger partial charge in [-0.25, -0.2) is 0 Å². The standard InChI is InChI=1S/C11H11NO2S/c13-11(14)3-1-2-8-4-5-9-7-12-15-10(9)6-8/h4-7H,1-3H2,(H,13,14). The Labute approximate surface area is 91.5 Å². The summed E-state index contributed by atoms with van der Waals surface area (Å²) in [6.45, 7) is 0. The molecule has 0 unspecified atom stereocenters. The third-order valence-corrected chi connectivity index (χ3v) is 3.04. The lowest BCUT2D eigenvalue weighted by Crippen LogP contribution is -1.95. The van der Waals surface area contributed by atoms with Crippen molar-refractivity contribution in [3.05, 3.63) is 30.0 Å². The van der Waals surface area contributed by atoms with Gasteiger partial charge in [-0.1, -0.05) is 12.1 Å². The number of hydrogen-bond acceptors (Lipinski definition) is 3. The van der Waals surface area contributed by atoms with Crippen LogP contribution in [0.3, 0.4) is 0 Å². The third-order valence-electron chi connectivity index (χ3n) is 2.28. The van der Waals surface area contributed by atoms with Gasteiger partial charge >= 0.3 is 5.97 Å². The number of aliphatic carboxylic acids is 1. The Morgan fingerprint density at radius 1 is 1.47 bits per heavy atom. The van der Waals surface area contributed by atoms with Gasteiger partial charge in [-0.2, -0.15) is 4.37 Å². The van der Waals surface area contributed by atoms with Crippen LogP contribution in [0.2, 0.25) is 0 Å². The van der Waals surface area contributed by atoms with Gasteiger partial charge in [0, 0.05) is 18.0 Å². The molecule has 0 fully saturated rings. The highest BCUT2D eigenvalue weighted by molar-refractivity contribution is 7.13. The molecule has 78 valence electrons. The van der Waals surface area contributed by atoms with E-state index in [-0.39, 0.29) is 6.42 Å². The van der Waals surface area contributed by atoms with E-state index in [2.05, 4.69) is 10.4 Å².